The van der Waals surface area contributed by atoms with Crippen molar-refractivity contribution in [2.75, 3.05) is 0 Å². The number of fused-ring (bicyclic) bond motifs is 3. The number of hydrogen-bond acceptors (Lipinski definition) is 4. The molecule has 4 rings (SSSR count). The summed E-state index contributed by atoms with van der Waals surface area (Å²) in [5, 5.41) is 0.630. The average molecular weight is 375 g/mol. The molecule has 0 aliphatic heterocycles. The normalized spacial score (nSPS) is 18.3. The molecule has 0 radical (unpaired) electrons. The second-order valence-electron chi connectivity index (χ2n) is 6.67. The molecule has 0 unspecified atom stereocenters. The highest BCUT2D eigenvalue weighted by Gasteiger charge is 2.24. The molecule has 0 fully saturated rings. The third kappa shape index (κ3) is 3.13. The molecule has 2 atom stereocenters. The van der Waals surface area contributed by atoms with Gasteiger partial charge >= 0.3 is 0 Å². The van der Waals surface area contributed by atoms with Crippen LogP contribution in [0, 0.1) is 11.7 Å². The topological polar surface area (TPSA) is 45.8 Å². The smallest absolute Gasteiger partial charge is 0.259 e. The quantitative estimate of drug-likeness (QED) is 0.649. The maximum absolute atomic E-state index is 13.9. The maximum atomic E-state index is 13.9. The van der Waals surface area contributed by atoms with Crippen LogP contribution < -0.4 is 5.56 Å². The van der Waals surface area contributed by atoms with E-state index < -0.39 is 0 Å². The monoisotopic (exact) mass is 374 g/mol. The molecule has 0 saturated heterocycles. The molecule has 1 N–H and O–H groups in total. The lowest BCUT2D eigenvalue weighted by atomic mass is 9.89. The second-order valence-corrected chi connectivity index (χ2v) is 9.14. The molecular formula is C19H19FN2OS2. The molecule has 1 aliphatic rings. The number of aryl methyl sites for hydroxylation is 1. The standard InChI is InChI=1S/C19H19FN2OS2/c1-10-7-8-12-15(9-10)25-19-16(12)18(23)21-17(22-19)11(2)24-14-6-4-3-5-13(14)20/h3-6,10-11H,7-9H2,1-2H3,(H,21,22,23)/t10-,11+/m1/s1. The van der Waals surface area contributed by atoms with Crippen molar-refractivity contribution in [3.63, 3.8) is 0 Å². The summed E-state index contributed by atoms with van der Waals surface area (Å²) < 4.78 is 13.9. The summed E-state index contributed by atoms with van der Waals surface area (Å²) in [6.07, 6.45) is 3.12. The number of aromatic amines is 1. The van der Waals surface area contributed by atoms with Crippen LogP contribution in [0.5, 0.6) is 0 Å². The molecule has 0 amide bonds. The Balaban J connectivity index is 1.71. The maximum Gasteiger partial charge on any atom is 0.259 e. The summed E-state index contributed by atoms with van der Waals surface area (Å²) in [5.74, 6) is 1.02. The van der Waals surface area contributed by atoms with E-state index in [2.05, 4.69) is 11.9 Å². The highest BCUT2D eigenvalue weighted by molar-refractivity contribution is 7.99. The van der Waals surface area contributed by atoms with Crippen LogP contribution in [0.3, 0.4) is 0 Å². The first-order valence-electron chi connectivity index (χ1n) is 8.48. The Labute approximate surface area is 153 Å². The minimum absolute atomic E-state index is 0.0620. The molecule has 25 heavy (non-hydrogen) atoms. The van der Waals surface area contributed by atoms with E-state index in [0.717, 1.165) is 29.5 Å². The summed E-state index contributed by atoms with van der Waals surface area (Å²) in [4.78, 5) is 23.0. The molecular weight excluding hydrogens is 355 g/mol. The van der Waals surface area contributed by atoms with Gasteiger partial charge in [-0.3, -0.25) is 4.79 Å². The SMILES string of the molecule is C[C@@H]1CCc2c(sc3nc([C@H](C)Sc4ccccc4F)[nH]c(=O)c23)C1. The van der Waals surface area contributed by atoms with Crippen molar-refractivity contribution in [2.45, 2.75) is 43.3 Å². The minimum Gasteiger partial charge on any atom is -0.309 e. The van der Waals surface area contributed by atoms with Crippen LogP contribution in [0.1, 0.15) is 41.8 Å². The number of halogens is 1. The van der Waals surface area contributed by atoms with Crippen molar-refractivity contribution >= 4 is 33.3 Å². The van der Waals surface area contributed by atoms with Gasteiger partial charge in [-0.2, -0.15) is 0 Å². The third-order valence-corrected chi connectivity index (χ3v) is 7.02. The van der Waals surface area contributed by atoms with Crippen molar-refractivity contribution in [3.8, 4) is 0 Å². The highest BCUT2D eigenvalue weighted by atomic mass is 32.2. The summed E-state index contributed by atoms with van der Waals surface area (Å²) in [6.45, 7) is 4.19. The Morgan fingerprint density at radius 2 is 2.20 bits per heavy atom. The first-order chi connectivity index (χ1) is 12.0. The number of H-pyrrole nitrogens is 1. The van der Waals surface area contributed by atoms with Crippen molar-refractivity contribution in [1.82, 2.24) is 9.97 Å². The fourth-order valence-corrected chi connectivity index (χ4v) is 5.68. The summed E-state index contributed by atoms with van der Waals surface area (Å²) in [6, 6.07) is 6.68. The van der Waals surface area contributed by atoms with Crippen LogP contribution >= 0.6 is 23.1 Å². The Hall–Kier alpha value is -1.66. The van der Waals surface area contributed by atoms with Crippen LogP contribution in [-0.4, -0.2) is 9.97 Å². The number of nitrogens with zero attached hydrogens (tertiary/aromatic N) is 1. The number of benzene rings is 1. The van der Waals surface area contributed by atoms with Crippen molar-refractivity contribution in [3.05, 3.63) is 56.7 Å². The van der Waals surface area contributed by atoms with E-state index in [1.165, 1.54) is 28.3 Å². The molecule has 0 saturated carbocycles. The van der Waals surface area contributed by atoms with Crippen LogP contribution in [0.15, 0.2) is 34.0 Å². The van der Waals surface area contributed by atoms with Gasteiger partial charge in [-0.05, 0) is 49.8 Å². The van der Waals surface area contributed by atoms with E-state index >= 15 is 0 Å². The van der Waals surface area contributed by atoms with Gasteiger partial charge in [0.2, 0.25) is 0 Å². The number of rotatable bonds is 3. The van der Waals surface area contributed by atoms with E-state index in [9.17, 15) is 9.18 Å². The summed E-state index contributed by atoms with van der Waals surface area (Å²) in [7, 11) is 0. The molecule has 2 heterocycles. The van der Waals surface area contributed by atoms with Gasteiger partial charge in [-0.15, -0.1) is 23.1 Å². The van der Waals surface area contributed by atoms with Gasteiger partial charge in [0.1, 0.15) is 16.5 Å². The van der Waals surface area contributed by atoms with E-state index in [1.54, 1.807) is 23.5 Å². The summed E-state index contributed by atoms with van der Waals surface area (Å²) in [5.41, 5.74) is 1.13. The minimum atomic E-state index is -0.247. The number of nitrogens with one attached hydrogen (secondary N) is 1. The van der Waals surface area contributed by atoms with Gasteiger partial charge in [0, 0.05) is 9.77 Å². The zero-order valence-electron chi connectivity index (χ0n) is 14.1. The molecule has 0 bridgehead atoms. The molecule has 1 aliphatic carbocycles. The van der Waals surface area contributed by atoms with Crippen LogP contribution in [0.2, 0.25) is 0 Å². The fraction of sp³-hybridized carbons (Fsp3) is 0.368. The van der Waals surface area contributed by atoms with Crippen LogP contribution in [-0.2, 0) is 12.8 Å². The molecule has 2 aromatic heterocycles. The first-order valence-corrected chi connectivity index (χ1v) is 10.2. The molecule has 1 aromatic carbocycles. The predicted octanol–water partition coefficient (Wildman–Crippen LogP) is 5.10. The number of thioether (sulfide) groups is 1. The van der Waals surface area contributed by atoms with Gasteiger partial charge in [-0.25, -0.2) is 9.37 Å². The lowest BCUT2D eigenvalue weighted by Crippen LogP contribution is -2.15. The van der Waals surface area contributed by atoms with Gasteiger partial charge in [0.15, 0.2) is 0 Å². The number of thiophene rings is 1. The Morgan fingerprint density at radius 1 is 1.40 bits per heavy atom. The van der Waals surface area contributed by atoms with E-state index in [1.807, 2.05) is 13.0 Å². The van der Waals surface area contributed by atoms with Crippen LogP contribution in [0.4, 0.5) is 4.39 Å². The average Bonchev–Trinajstić information content (AvgIpc) is 2.94. The number of aromatic nitrogens is 2. The lowest BCUT2D eigenvalue weighted by molar-refractivity contribution is 0.509. The highest BCUT2D eigenvalue weighted by Crippen LogP contribution is 2.38. The van der Waals surface area contributed by atoms with E-state index in [4.69, 9.17) is 4.98 Å². The van der Waals surface area contributed by atoms with Gasteiger partial charge in [-0.1, -0.05) is 19.1 Å². The third-order valence-electron chi connectivity index (χ3n) is 4.71. The molecule has 130 valence electrons. The first kappa shape index (κ1) is 16.8. The predicted molar refractivity (Wildman–Crippen MR) is 102 cm³/mol. The van der Waals surface area contributed by atoms with Crippen molar-refractivity contribution in [2.24, 2.45) is 5.92 Å². The number of hydrogen-bond donors (Lipinski definition) is 1. The van der Waals surface area contributed by atoms with Crippen molar-refractivity contribution < 1.29 is 4.39 Å². The van der Waals surface area contributed by atoms with Gasteiger partial charge in [0.05, 0.1) is 10.6 Å². The van der Waals surface area contributed by atoms with Gasteiger partial charge < -0.3 is 4.98 Å². The second kappa shape index (κ2) is 6.57. The van der Waals surface area contributed by atoms with Crippen LogP contribution in [0.25, 0.3) is 10.2 Å². The zero-order chi connectivity index (χ0) is 17.6. The van der Waals surface area contributed by atoms with Crippen molar-refractivity contribution in [1.29, 1.82) is 0 Å². The van der Waals surface area contributed by atoms with E-state index in [0.29, 0.717) is 16.6 Å². The molecule has 0 spiro atoms. The fourth-order valence-electron chi connectivity index (χ4n) is 3.34. The molecule has 3 aromatic rings. The van der Waals surface area contributed by atoms with E-state index in [-0.39, 0.29) is 16.6 Å². The van der Waals surface area contributed by atoms with Gasteiger partial charge in [0.25, 0.3) is 5.56 Å². The Kier molecular flexibility index (Phi) is 4.41. The largest absolute Gasteiger partial charge is 0.309 e. The molecule has 6 heteroatoms. The molecule has 3 nitrogen and oxygen atoms in total. The summed E-state index contributed by atoms with van der Waals surface area (Å²) >= 11 is 3.02. The Bertz CT molecular complexity index is 995. The Morgan fingerprint density at radius 3 is 3.00 bits per heavy atom. The lowest BCUT2D eigenvalue weighted by Gasteiger charge is -2.17. The zero-order valence-corrected chi connectivity index (χ0v) is 15.8.